The van der Waals surface area contributed by atoms with Crippen molar-refractivity contribution in [3.63, 3.8) is 0 Å². The van der Waals surface area contributed by atoms with Gasteiger partial charge >= 0.3 is 24.0 Å². The lowest BCUT2D eigenvalue weighted by Gasteiger charge is -2.52. The zero-order valence-corrected chi connectivity index (χ0v) is 54.1. The predicted octanol–water partition coefficient (Wildman–Crippen LogP) is 9.84. The van der Waals surface area contributed by atoms with Gasteiger partial charge in [-0.2, -0.15) is 0 Å². The number of hydrogen-bond acceptors (Lipinski definition) is 18. The number of carbonyl (C=O) groups excluding carboxylic acids is 4. The first-order chi connectivity index (χ1) is 40.9. The molecule has 482 valence electrons. The Bertz CT molecular complexity index is 2650. The number of amides is 1. The Balaban J connectivity index is 1.41. The van der Waals surface area contributed by atoms with Crippen molar-refractivity contribution in [1.82, 2.24) is 10.2 Å². The highest BCUT2D eigenvalue weighted by Gasteiger charge is 2.56. The first-order valence-corrected chi connectivity index (χ1v) is 30.4. The number of hydrogen-bond donors (Lipinski definition) is 1. The Labute approximate surface area is 516 Å². The zero-order chi connectivity index (χ0) is 63.9. The molecule has 3 aromatic carbocycles. The van der Waals surface area contributed by atoms with E-state index in [1.54, 1.807) is 83.1 Å². The molecule has 3 heterocycles. The van der Waals surface area contributed by atoms with Gasteiger partial charge in [-0.05, 0) is 107 Å². The summed E-state index contributed by atoms with van der Waals surface area (Å²) in [6.45, 7) is 27.8. The highest BCUT2D eigenvalue weighted by Crippen LogP contribution is 2.42. The molecule has 0 aromatic heterocycles. The van der Waals surface area contributed by atoms with Crippen molar-refractivity contribution in [2.75, 3.05) is 46.6 Å². The van der Waals surface area contributed by atoms with E-state index in [2.05, 4.69) is 11.2 Å². The highest BCUT2D eigenvalue weighted by atomic mass is 16.8. The summed E-state index contributed by atoms with van der Waals surface area (Å²) >= 11 is 0. The average molecular weight is 1220 g/mol. The minimum atomic E-state index is -1.35. The third-order valence-electron chi connectivity index (χ3n) is 15.2. The molecular weight excluding hydrogens is 1120 g/mol. The van der Waals surface area contributed by atoms with E-state index < -0.39 is 137 Å². The molecule has 0 radical (unpaired) electrons. The second kappa shape index (κ2) is 31.8. The number of nitrogens with one attached hydrogen (secondary N) is 1. The standard InChI is InChI=1S/C68H98N2O17/c1-18-35-70(17)52-43(2)55(84-61(71)65(5,6)7)59(79-49(52)40-75-37-46-28-22-19-23-29-46)82-54-45(4)57(86-63(73)67(11,12)13)60(81-51(54)42-77-39-48-32-26-21-27-33-48)83-53-44(3)56(85-62(72)66(8,9)10)58(78-36-34-69-64(74)87-68(14,15)16)80-50(53)41-76-38-47-30-24-20-25-31-47/h1,19-33,43-45,49-60H,34-42H2,2-17H3,(H,69,74). The summed E-state index contributed by atoms with van der Waals surface area (Å²) in [7, 11) is 1.90. The van der Waals surface area contributed by atoms with E-state index in [0.29, 0.717) is 6.61 Å². The summed E-state index contributed by atoms with van der Waals surface area (Å²) in [4.78, 5) is 57.1. The molecule has 0 aliphatic carbocycles. The van der Waals surface area contributed by atoms with Gasteiger partial charge in [-0.15, -0.1) is 6.42 Å². The van der Waals surface area contributed by atoms with Crippen LogP contribution in [-0.4, -0.2) is 155 Å². The molecule has 6 rings (SSSR count). The van der Waals surface area contributed by atoms with Crippen LogP contribution in [0.25, 0.3) is 0 Å². The normalized spacial score (nSPS) is 28.0. The average Bonchev–Trinajstić information content (AvgIpc) is 0.864. The SMILES string of the molecule is C#CCN(C)C1C(COCc2ccccc2)OC(OC2C(COCc3ccccc3)OC(OC3C(COCc4ccccc4)OC(OCCNC(=O)OC(C)(C)C)C(OC(=O)C(C)(C)C)C3C)C(OC(=O)C(C)(C)C)C2C)C(OC(=O)C(C)(C)C)C1C. The lowest BCUT2D eigenvalue weighted by atomic mass is 9.85. The molecule has 15 atom stereocenters. The van der Waals surface area contributed by atoms with Crippen molar-refractivity contribution in [2.45, 2.75) is 203 Å². The Kier molecular flexibility index (Phi) is 25.8. The van der Waals surface area contributed by atoms with Gasteiger partial charge in [0, 0.05) is 30.3 Å². The maximum Gasteiger partial charge on any atom is 0.407 e. The summed E-state index contributed by atoms with van der Waals surface area (Å²) in [5.41, 5.74) is -0.794. The number of benzene rings is 3. The van der Waals surface area contributed by atoms with Crippen LogP contribution in [-0.2, 0) is 95.8 Å². The monoisotopic (exact) mass is 1210 g/mol. The molecule has 19 heteroatoms. The van der Waals surface area contributed by atoms with Crippen molar-refractivity contribution >= 4 is 24.0 Å². The minimum absolute atomic E-state index is 0.0381. The molecule has 15 unspecified atom stereocenters. The molecule has 0 bridgehead atoms. The molecule has 1 N–H and O–H groups in total. The van der Waals surface area contributed by atoms with Gasteiger partial charge in [0.15, 0.2) is 37.2 Å². The van der Waals surface area contributed by atoms with Gasteiger partial charge in [0.1, 0.15) is 23.9 Å². The molecular formula is C68H98N2O17. The van der Waals surface area contributed by atoms with E-state index in [1.807, 2.05) is 124 Å². The molecule has 19 nitrogen and oxygen atoms in total. The number of terminal acetylenes is 1. The number of ether oxygens (including phenoxy) is 13. The third-order valence-corrected chi connectivity index (χ3v) is 15.2. The van der Waals surface area contributed by atoms with E-state index in [-0.39, 0.29) is 52.7 Å². The molecule has 3 aliphatic heterocycles. The van der Waals surface area contributed by atoms with Gasteiger partial charge < -0.3 is 66.9 Å². The zero-order valence-electron chi connectivity index (χ0n) is 54.1. The molecule has 1 amide bonds. The predicted molar refractivity (Wildman–Crippen MR) is 325 cm³/mol. The highest BCUT2D eigenvalue weighted by molar-refractivity contribution is 5.76. The summed E-state index contributed by atoms with van der Waals surface area (Å²) in [5, 5.41) is 2.71. The molecule has 3 aliphatic rings. The number of likely N-dealkylation sites (N-methyl/N-ethyl adjacent to an activating group) is 1. The fourth-order valence-corrected chi connectivity index (χ4v) is 10.4. The fourth-order valence-electron chi connectivity index (χ4n) is 10.4. The van der Waals surface area contributed by atoms with Crippen LogP contribution in [0, 0.1) is 46.3 Å². The second-order valence-corrected chi connectivity index (χ2v) is 27.2. The van der Waals surface area contributed by atoms with Crippen molar-refractivity contribution in [2.24, 2.45) is 34.0 Å². The smallest absolute Gasteiger partial charge is 0.407 e. The molecule has 0 spiro atoms. The van der Waals surface area contributed by atoms with Gasteiger partial charge in [-0.1, -0.05) is 118 Å². The van der Waals surface area contributed by atoms with Gasteiger partial charge in [-0.3, -0.25) is 19.3 Å². The van der Waals surface area contributed by atoms with Gasteiger partial charge in [0.05, 0.1) is 81.2 Å². The van der Waals surface area contributed by atoms with Crippen LogP contribution in [0.3, 0.4) is 0 Å². The summed E-state index contributed by atoms with van der Waals surface area (Å²) in [6.07, 6.45) is -6.26. The van der Waals surface area contributed by atoms with Crippen LogP contribution in [0.5, 0.6) is 0 Å². The Morgan fingerprint density at radius 1 is 0.517 bits per heavy atom. The number of rotatable bonds is 25. The minimum Gasteiger partial charge on any atom is -0.456 e. The van der Waals surface area contributed by atoms with Crippen LogP contribution in [0.15, 0.2) is 91.0 Å². The van der Waals surface area contributed by atoms with Gasteiger partial charge in [0.25, 0.3) is 0 Å². The van der Waals surface area contributed by atoms with E-state index in [0.717, 1.165) is 16.7 Å². The van der Waals surface area contributed by atoms with Crippen molar-refractivity contribution in [1.29, 1.82) is 0 Å². The van der Waals surface area contributed by atoms with Crippen molar-refractivity contribution in [3.8, 4) is 12.3 Å². The molecule has 3 aromatic rings. The number of nitrogens with zero attached hydrogens (tertiary/aromatic N) is 1. The van der Waals surface area contributed by atoms with E-state index in [1.165, 1.54) is 0 Å². The van der Waals surface area contributed by atoms with Crippen LogP contribution < -0.4 is 5.32 Å². The summed E-state index contributed by atoms with van der Waals surface area (Å²) < 4.78 is 86.1. The number of carbonyl (C=O) groups is 4. The van der Waals surface area contributed by atoms with Crippen molar-refractivity contribution < 1.29 is 80.8 Å². The summed E-state index contributed by atoms with van der Waals surface area (Å²) in [5.74, 6) is -0.711. The number of esters is 3. The Hall–Kier alpha value is -5.50. The van der Waals surface area contributed by atoms with Crippen molar-refractivity contribution in [3.05, 3.63) is 108 Å². The van der Waals surface area contributed by atoms with E-state index in [4.69, 9.17) is 68.0 Å². The van der Waals surface area contributed by atoms with Crippen LogP contribution >= 0.6 is 0 Å². The summed E-state index contributed by atoms with van der Waals surface area (Å²) in [6, 6.07) is 28.7. The largest absolute Gasteiger partial charge is 0.456 e. The molecule has 3 fully saturated rings. The molecule has 0 saturated carbocycles. The van der Waals surface area contributed by atoms with E-state index in [9.17, 15) is 19.2 Å². The lowest BCUT2D eigenvalue weighted by Crippen LogP contribution is -2.65. The first kappa shape index (κ1) is 70.6. The van der Waals surface area contributed by atoms with Crippen LogP contribution in [0.1, 0.15) is 121 Å². The van der Waals surface area contributed by atoms with Gasteiger partial charge in [-0.25, -0.2) is 4.79 Å². The van der Waals surface area contributed by atoms with Gasteiger partial charge in [0.2, 0.25) is 0 Å². The Morgan fingerprint density at radius 2 is 0.874 bits per heavy atom. The number of alkyl carbamates (subject to hydrolysis) is 1. The van der Waals surface area contributed by atoms with Crippen LogP contribution in [0.2, 0.25) is 0 Å². The van der Waals surface area contributed by atoms with E-state index >= 15 is 0 Å². The Morgan fingerprint density at radius 3 is 1.25 bits per heavy atom. The second-order valence-electron chi connectivity index (χ2n) is 27.2. The fraction of sp³-hybridized carbons (Fsp3) is 0.647. The lowest BCUT2D eigenvalue weighted by molar-refractivity contribution is -0.369. The third kappa shape index (κ3) is 21.1. The van der Waals surface area contributed by atoms with Crippen LogP contribution in [0.4, 0.5) is 4.79 Å². The first-order valence-electron chi connectivity index (χ1n) is 30.4. The molecule has 3 saturated heterocycles. The molecule has 87 heavy (non-hydrogen) atoms. The quantitative estimate of drug-likeness (QED) is 0.0363. The maximum absolute atomic E-state index is 14.4. The topological polar surface area (TPSA) is 204 Å². The maximum atomic E-state index is 14.4.